The predicted octanol–water partition coefficient (Wildman–Crippen LogP) is 19.2. The molecule has 0 radical (unpaired) electrons. The van der Waals surface area contributed by atoms with Crippen LogP contribution in [0.3, 0.4) is 0 Å². The molecule has 0 amide bonds. The maximum absolute atomic E-state index is 12.8. The summed E-state index contributed by atoms with van der Waals surface area (Å²) in [5, 5.41) is 31.7. The van der Waals surface area contributed by atoms with Gasteiger partial charge in [-0.15, -0.1) is 11.3 Å². The van der Waals surface area contributed by atoms with Crippen LogP contribution in [-0.4, -0.2) is 132 Å². The third-order valence-corrected chi connectivity index (χ3v) is 19.5. The van der Waals surface area contributed by atoms with Gasteiger partial charge in [-0.05, 0) is 130 Å². The summed E-state index contributed by atoms with van der Waals surface area (Å²) < 4.78 is 109. The fourth-order valence-corrected chi connectivity index (χ4v) is 11.9. The first-order valence-corrected chi connectivity index (χ1v) is 46.6. The van der Waals surface area contributed by atoms with Crippen molar-refractivity contribution in [3.63, 3.8) is 0 Å². The monoisotopic (exact) mass is 2640 g/mol. The molecule has 1 aliphatic rings. The number of fused-ring (bicyclic) bond motifs is 1. The van der Waals surface area contributed by atoms with Crippen LogP contribution in [0, 0.1) is 47.9 Å². The first-order chi connectivity index (χ1) is 66.1. The van der Waals surface area contributed by atoms with Gasteiger partial charge in [0.15, 0.2) is 0 Å². The largest absolute Gasteiger partial charge is 0.813 e. The third kappa shape index (κ3) is 76.3. The molecule has 1 fully saturated rings. The average molecular weight is 2650 g/mol. The number of aryl methyl sites for hydroxylation is 6. The molecule has 2 atom stereocenters. The van der Waals surface area contributed by atoms with Crippen LogP contribution in [0.5, 0.6) is 0 Å². The fraction of sp³-hybridized carbons (Fsp3) is 0.424. The van der Waals surface area contributed by atoms with E-state index in [2.05, 4.69) is 338 Å². The van der Waals surface area contributed by atoms with Crippen molar-refractivity contribution in [2.24, 2.45) is 45.3 Å². The first kappa shape index (κ1) is 161. The summed E-state index contributed by atoms with van der Waals surface area (Å²) in [5.74, 6) is 2.94. The van der Waals surface area contributed by atoms with E-state index in [-0.39, 0.29) is 117 Å². The molecule has 13 heterocycles. The molecule has 15 rings (SSSR count). The van der Waals surface area contributed by atoms with Gasteiger partial charge in [0.25, 0.3) is 0 Å². The van der Waals surface area contributed by atoms with E-state index in [0.717, 1.165) is 108 Å². The Bertz CT molecular complexity index is 5060. The number of thiol groups is 2. The summed E-state index contributed by atoms with van der Waals surface area (Å²) in [6, 6.07) is 37.2. The minimum atomic E-state index is -0.444. The number of pyridine rings is 4. The summed E-state index contributed by atoms with van der Waals surface area (Å²) in [6.07, 6.45) is 29.0. The Labute approximate surface area is 972 Å². The van der Waals surface area contributed by atoms with E-state index >= 15 is 0 Å². The molecule has 14 aromatic rings. The molecule has 3 N–H and O–H groups in total. The van der Waals surface area contributed by atoms with Gasteiger partial charge in [0, 0.05) is 206 Å². The molecule has 28 nitrogen and oxygen atoms in total. The smallest absolute Gasteiger partial charge is 0.813 e. The number of para-hydroxylation sites is 2. The Hall–Kier alpha value is -5.28. The number of aromatic nitrogens is 20. The molecular weight excluding hydrogens is 2510 g/mol. The van der Waals surface area contributed by atoms with Crippen molar-refractivity contribution in [3.05, 3.63) is 288 Å². The molecule has 52 heteroatoms. The van der Waals surface area contributed by atoms with Crippen molar-refractivity contribution in [1.82, 2.24) is 97.4 Å². The van der Waals surface area contributed by atoms with Crippen molar-refractivity contribution >= 4 is 84.3 Å². The summed E-state index contributed by atoms with van der Waals surface area (Å²) in [4.78, 5) is 41.5. The molecule has 0 saturated heterocycles. The van der Waals surface area contributed by atoms with Crippen LogP contribution in [0.15, 0.2) is 206 Å². The van der Waals surface area contributed by atoms with Crippen LogP contribution in [-0.2, 0) is 328 Å². The Morgan fingerprint density at radius 2 is 0.965 bits per heavy atom. The summed E-state index contributed by atoms with van der Waals surface area (Å²) in [5.41, 5.74) is 19.8. The van der Waals surface area contributed by atoms with Crippen molar-refractivity contribution in [1.29, 1.82) is 10.5 Å². The molecule has 0 aliphatic heterocycles. The van der Waals surface area contributed by atoms with E-state index in [4.69, 9.17) is 77.9 Å². The molecule has 850 valence electrons. The number of thiazole rings is 1. The average Bonchev–Trinajstić information content (AvgIpc) is 1.67. The maximum Gasteiger partial charge on any atom is -0.813 e. The van der Waals surface area contributed by atoms with E-state index in [1.54, 1.807) is 74.3 Å². The second kappa shape index (κ2) is 99.7. The predicted molar refractivity (Wildman–Crippen MR) is 525 cm³/mol. The fourth-order valence-electron chi connectivity index (χ4n) is 10.6. The number of methoxy groups -OCH3 is 3. The van der Waals surface area contributed by atoms with Gasteiger partial charge in [0.05, 0.1) is 47.6 Å². The number of imidazole rings is 4. The van der Waals surface area contributed by atoms with E-state index in [1.807, 2.05) is 170 Å². The zero-order valence-corrected chi connectivity index (χ0v) is 98.8. The number of benzene rings is 1. The van der Waals surface area contributed by atoms with Crippen LogP contribution in [0.1, 0.15) is 171 Å². The van der Waals surface area contributed by atoms with Crippen molar-refractivity contribution in [2.75, 3.05) is 40.4 Å². The molecule has 1 aromatic carbocycles. The minimum Gasteiger partial charge on any atom is -0.813 e. The van der Waals surface area contributed by atoms with Crippen LogP contribution < -0.4 is 22.2 Å². The Morgan fingerprint density at radius 1 is 0.507 bits per heavy atom. The normalized spacial score (nSPS) is 9.97. The van der Waals surface area contributed by atoms with Gasteiger partial charge in [-0.25, -0.2) is 34.9 Å². The van der Waals surface area contributed by atoms with Crippen molar-refractivity contribution in [3.8, 4) is 0 Å². The first-order valence-electron chi connectivity index (χ1n) is 41.2. The molecule has 144 heavy (non-hydrogen) atoms. The van der Waals surface area contributed by atoms with E-state index < -0.39 is 5.95 Å². The second-order valence-electron chi connectivity index (χ2n) is 32.2. The van der Waals surface area contributed by atoms with Gasteiger partial charge in [-0.3, -0.25) is 29.0 Å². The van der Waals surface area contributed by atoms with Crippen LogP contribution in [0.2, 0.25) is 0 Å². The van der Waals surface area contributed by atoms with Crippen molar-refractivity contribution < 1.29 is 231 Å². The van der Waals surface area contributed by atoms with E-state index in [1.165, 1.54) is 42.1 Å². The van der Waals surface area contributed by atoms with Crippen molar-refractivity contribution in [2.45, 2.75) is 185 Å². The number of oxazole rings is 1. The molecule has 13 aromatic heterocycles. The number of nitrogens with zero attached hydrogens (tertiary/aromatic N) is 22. The molecule has 1 saturated carbocycles. The Morgan fingerprint density at radius 3 is 1.33 bits per heavy atom. The molecule has 0 bridgehead atoms. The number of hydrogen-bond donors (Lipinski definition) is 2. The van der Waals surface area contributed by atoms with Gasteiger partial charge < -0.3 is 98.6 Å². The number of nitrogens with one attached hydrogen (secondary N) is 1. The number of halogens is 8. The molecule has 0 spiro atoms. The topological polar surface area (TPSA) is 329 Å². The number of hydrogen-bond acceptors (Lipinski definition) is 24. The quantitative estimate of drug-likeness (QED) is 0.0163. The Kier molecular flexibility index (Phi) is 112. The zero-order chi connectivity index (χ0) is 106. The van der Waals surface area contributed by atoms with Gasteiger partial charge in [0.2, 0.25) is 17.8 Å². The number of rotatable bonds is 17. The summed E-state index contributed by atoms with van der Waals surface area (Å²) in [7, 11) is 18.0. The number of anilines is 1. The van der Waals surface area contributed by atoms with Gasteiger partial charge in [0.1, 0.15) is 41.4 Å². The SMILES string of the molecule is CC(C)(C)Cc1cccc(Cc2ccccn2)n1.CC(C)(C)c1ccn(CC2CC2)n1.CC(C)(C)c1ccn(CN)n1.CCn1ccc(C(C)(C)C)n1.CNc1nccn1C.COCc1nc2ccccc2n1C.COCc1ncco1.COCc1nccs1.CPc1nccn1C.Cc1cccc(Cc2cccc(F)n2)n1.Cn1ccnc1P.[C-]#N.[C-]#N.[Cu+].[Cu+].[Cu+].[Cu+].[F][Cu].[F][Cu].[F][Cu].[F][Cu].[F][Cu].[F][Cu].[F][Cu].[SH-].[SH-]. The van der Waals surface area contributed by atoms with Gasteiger partial charge in [-0.1, -0.05) is 137 Å². The third-order valence-electron chi connectivity index (χ3n) is 17.2. The summed E-state index contributed by atoms with van der Waals surface area (Å²) in [6.45, 7) is 46.1. The van der Waals surface area contributed by atoms with E-state index in [0.29, 0.717) is 44.5 Å². The zero-order valence-electron chi connectivity index (χ0n) is 83.7. The number of ether oxygens (including phenoxy) is 3. The molecular formula is C92H133Cu11F8N24O4P2S3. The second-order valence-corrected chi connectivity index (χ2v) is 34.6. The standard InChI is InChI=1S/C16H20N2.C12H11FN2.C11H18N2.C10H12N2O.C9H16N2.C8H15N3.C5H9N3.C5H9N2P.C5H7NO2.C5H7NOS.C4H7N2P.2CN.11Cu.7FH.2H2S/c1-16(2,3)12-15-9-6-8-14(18-15)11-13-7-4-5-10-17-13;1-9-4-2-5-10(14-9)8-11-6-3-7-12(13)15-11;1-11(2,3)10-6-7-13(12-10)8-9-4-5-9;1-12-9-6-4-3-5-8(9)11-10(12)7-13-2;1-5-11-7-6-8(10-11)9(2,3)4;1-8(2,3)7-4-5-11(6-9)10-7;1-6-5-7-3-4-8(5)2;1-7-4-3-6-5(7)8-2;2*1-7-4-5-6-2-3-8-5;1-6-3-2-5-4(6)7;2*1-2;;;;;;;;;;;;;;;;;;;;/h4-10H,11-12H2,1-3H3;2-7H,8H2,1H3;6-7,9H,4-5,8H2,1-3H3;3-6H,7H2,1-2H3;6-7H,5H2,1-4H3;4-5H,6,9H2,1-3H3;3-4H,1-2H3,(H,6,7);3-4,8H,1-2H3;2*2-3H,4H2,1H3;2-3H,7H2,1H3;;;;;;;;;;;;;;7*1H;2*1H2/q;;;;;;;;;;;2*-1;11*+1;;;;;;;;;/p-9. The molecule has 2 unspecified atom stereocenters. The van der Waals surface area contributed by atoms with Crippen LogP contribution >= 0.6 is 29.2 Å². The van der Waals surface area contributed by atoms with Gasteiger partial charge >= 0.3 is 208 Å². The van der Waals surface area contributed by atoms with Crippen LogP contribution in [0.4, 0.5) is 35.2 Å². The van der Waals surface area contributed by atoms with Crippen LogP contribution in [0.25, 0.3) is 11.0 Å². The minimum absolute atomic E-state index is 0. The number of nitrogens with two attached hydrogens (primary N) is 1. The van der Waals surface area contributed by atoms with Gasteiger partial charge in [-0.2, -0.15) is 19.7 Å². The maximum atomic E-state index is 12.8. The van der Waals surface area contributed by atoms with E-state index in [9.17, 15) is 4.39 Å². The summed E-state index contributed by atoms with van der Waals surface area (Å²) >= 11 is 20.4. The molecule has 1 aliphatic carbocycles. The Balaban J connectivity index is -0.000000148.